The molecule has 0 saturated carbocycles. The van der Waals surface area contributed by atoms with E-state index in [0.717, 1.165) is 27.2 Å². The number of hydrogen-bond acceptors (Lipinski definition) is 3. The Morgan fingerprint density at radius 1 is 1.07 bits per heavy atom. The van der Waals surface area contributed by atoms with Crippen LogP contribution in [0.3, 0.4) is 0 Å². The average molecular weight is 387 g/mol. The Kier molecular flexibility index (Phi) is 4.53. The number of nitrogens with zero attached hydrogens (tertiary/aromatic N) is 1. The largest absolute Gasteiger partial charge is 0.480 e. The number of aliphatic carboxylic acids is 1. The Morgan fingerprint density at radius 3 is 2.21 bits per heavy atom. The highest BCUT2D eigenvalue weighted by Gasteiger charge is 2.46. The SMILES string of the molecule is O=C(O)[C@H]1CC(F)(F)CCN1C(=O)OCC1c2ccccc2-c2ccccc21. The number of carbonyl (C=O) groups is 2. The van der Waals surface area contributed by atoms with Gasteiger partial charge in [0.2, 0.25) is 0 Å². The highest BCUT2D eigenvalue weighted by atomic mass is 19.3. The van der Waals surface area contributed by atoms with Crippen molar-refractivity contribution in [2.75, 3.05) is 13.2 Å². The van der Waals surface area contributed by atoms with Crippen LogP contribution in [0.2, 0.25) is 0 Å². The van der Waals surface area contributed by atoms with Crippen LogP contribution in [-0.2, 0) is 9.53 Å². The van der Waals surface area contributed by atoms with E-state index in [1.807, 2.05) is 48.5 Å². The molecule has 146 valence electrons. The number of ether oxygens (including phenoxy) is 1. The molecule has 1 heterocycles. The number of hydrogen-bond donors (Lipinski definition) is 1. The van der Waals surface area contributed by atoms with Crippen molar-refractivity contribution in [1.29, 1.82) is 0 Å². The van der Waals surface area contributed by atoms with Crippen LogP contribution in [0.1, 0.15) is 29.9 Å². The lowest BCUT2D eigenvalue weighted by Crippen LogP contribution is -2.53. The van der Waals surface area contributed by atoms with Crippen LogP contribution in [-0.4, -0.2) is 47.2 Å². The minimum absolute atomic E-state index is 0.0199. The first-order valence-corrected chi connectivity index (χ1v) is 9.09. The topological polar surface area (TPSA) is 66.8 Å². The normalized spacial score (nSPS) is 20.4. The number of benzene rings is 2. The monoisotopic (exact) mass is 387 g/mol. The first kappa shape index (κ1) is 18.4. The molecular formula is C21H19F2NO4. The third-order valence-electron chi connectivity index (χ3n) is 5.44. The molecule has 0 aromatic heterocycles. The van der Waals surface area contributed by atoms with Crippen LogP contribution in [0.15, 0.2) is 48.5 Å². The summed E-state index contributed by atoms with van der Waals surface area (Å²) in [6.45, 7) is -0.327. The number of piperidine rings is 1. The molecule has 7 heteroatoms. The number of carboxylic acids is 1. The Morgan fingerprint density at radius 2 is 1.64 bits per heavy atom. The lowest BCUT2D eigenvalue weighted by Gasteiger charge is -2.36. The molecule has 4 rings (SSSR count). The smallest absolute Gasteiger partial charge is 0.410 e. The first-order chi connectivity index (χ1) is 13.4. The molecule has 1 aliphatic carbocycles. The minimum atomic E-state index is -3.09. The van der Waals surface area contributed by atoms with E-state index in [2.05, 4.69) is 0 Å². The highest BCUT2D eigenvalue weighted by molar-refractivity contribution is 5.81. The van der Waals surface area contributed by atoms with Crippen LogP contribution < -0.4 is 0 Å². The molecule has 0 bridgehead atoms. The summed E-state index contributed by atoms with van der Waals surface area (Å²) in [5, 5.41) is 9.25. The van der Waals surface area contributed by atoms with Crippen LogP contribution in [0.5, 0.6) is 0 Å². The average Bonchev–Trinajstić information content (AvgIpc) is 2.99. The lowest BCUT2D eigenvalue weighted by atomic mass is 9.98. The van der Waals surface area contributed by atoms with E-state index in [0.29, 0.717) is 0 Å². The van der Waals surface area contributed by atoms with Crippen molar-refractivity contribution in [2.24, 2.45) is 0 Å². The van der Waals surface area contributed by atoms with Crippen LogP contribution >= 0.6 is 0 Å². The van der Waals surface area contributed by atoms with Crippen molar-refractivity contribution in [3.63, 3.8) is 0 Å². The molecule has 2 aliphatic rings. The summed E-state index contributed by atoms with van der Waals surface area (Å²) >= 11 is 0. The number of rotatable bonds is 3. The maximum absolute atomic E-state index is 13.6. The molecule has 2 aromatic carbocycles. The Bertz CT molecular complexity index is 885. The van der Waals surface area contributed by atoms with E-state index in [1.165, 1.54) is 0 Å². The van der Waals surface area contributed by atoms with Crippen LogP contribution in [0.4, 0.5) is 13.6 Å². The summed E-state index contributed by atoms with van der Waals surface area (Å²) < 4.78 is 32.6. The molecular weight excluding hydrogens is 368 g/mol. The number of carboxylic acid groups (broad SMARTS) is 1. The number of fused-ring (bicyclic) bond motifs is 3. The molecule has 0 unspecified atom stereocenters. The van der Waals surface area contributed by atoms with Gasteiger partial charge in [0.05, 0.1) is 0 Å². The highest BCUT2D eigenvalue weighted by Crippen LogP contribution is 2.44. The van der Waals surface area contributed by atoms with Gasteiger partial charge in [0.15, 0.2) is 0 Å². The van der Waals surface area contributed by atoms with E-state index in [1.54, 1.807) is 0 Å². The zero-order chi connectivity index (χ0) is 19.9. The summed E-state index contributed by atoms with van der Waals surface area (Å²) in [5.74, 6) is -4.72. The molecule has 1 fully saturated rings. The van der Waals surface area contributed by atoms with Crippen molar-refractivity contribution in [3.8, 4) is 11.1 Å². The third kappa shape index (κ3) is 3.21. The van der Waals surface area contributed by atoms with Crippen molar-refractivity contribution in [3.05, 3.63) is 59.7 Å². The summed E-state index contributed by atoms with van der Waals surface area (Å²) in [6, 6.07) is 14.1. The zero-order valence-corrected chi connectivity index (χ0v) is 15.0. The van der Waals surface area contributed by atoms with Gasteiger partial charge in [0.1, 0.15) is 12.6 Å². The third-order valence-corrected chi connectivity index (χ3v) is 5.44. The molecule has 1 aliphatic heterocycles. The lowest BCUT2D eigenvalue weighted by molar-refractivity contribution is -0.152. The van der Waals surface area contributed by atoms with Gasteiger partial charge in [-0.25, -0.2) is 18.4 Å². The van der Waals surface area contributed by atoms with E-state index in [9.17, 15) is 23.5 Å². The summed E-state index contributed by atoms with van der Waals surface area (Å²) in [5.41, 5.74) is 4.19. The molecule has 1 N–H and O–H groups in total. The summed E-state index contributed by atoms with van der Waals surface area (Å²) in [7, 11) is 0. The Labute approximate surface area is 160 Å². The molecule has 0 radical (unpaired) electrons. The van der Waals surface area contributed by atoms with Crippen molar-refractivity contribution in [2.45, 2.75) is 30.7 Å². The molecule has 0 spiro atoms. The molecule has 1 saturated heterocycles. The van der Waals surface area contributed by atoms with Gasteiger partial charge in [-0.15, -0.1) is 0 Å². The van der Waals surface area contributed by atoms with E-state index in [-0.39, 0.29) is 19.1 Å². The van der Waals surface area contributed by atoms with Gasteiger partial charge in [0, 0.05) is 25.3 Å². The fraction of sp³-hybridized carbons (Fsp3) is 0.333. The van der Waals surface area contributed by atoms with Gasteiger partial charge in [-0.05, 0) is 22.3 Å². The molecule has 1 atom stereocenters. The number of alkyl halides is 2. The Hall–Kier alpha value is -2.96. The van der Waals surface area contributed by atoms with Gasteiger partial charge in [-0.3, -0.25) is 4.90 Å². The summed E-state index contributed by atoms with van der Waals surface area (Å²) in [4.78, 5) is 24.8. The minimum Gasteiger partial charge on any atom is -0.480 e. The first-order valence-electron chi connectivity index (χ1n) is 9.09. The van der Waals surface area contributed by atoms with Crippen LogP contribution in [0.25, 0.3) is 11.1 Å². The number of likely N-dealkylation sites (tertiary alicyclic amines) is 1. The quantitative estimate of drug-likeness (QED) is 0.860. The van der Waals surface area contributed by atoms with Crippen molar-refractivity contribution < 1.29 is 28.2 Å². The summed E-state index contributed by atoms with van der Waals surface area (Å²) in [6.07, 6.45) is -2.34. The van der Waals surface area contributed by atoms with Crippen molar-refractivity contribution in [1.82, 2.24) is 4.90 Å². The van der Waals surface area contributed by atoms with Gasteiger partial charge in [0.25, 0.3) is 5.92 Å². The van der Waals surface area contributed by atoms with Gasteiger partial charge < -0.3 is 9.84 Å². The zero-order valence-electron chi connectivity index (χ0n) is 15.0. The van der Waals surface area contributed by atoms with Gasteiger partial charge in [-0.1, -0.05) is 48.5 Å². The molecule has 1 amide bonds. The van der Waals surface area contributed by atoms with E-state index < -0.39 is 36.9 Å². The fourth-order valence-electron chi connectivity index (χ4n) is 4.05. The predicted octanol–water partition coefficient (Wildman–Crippen LogP) is 4.12. The second kappa shape index (κ2) is 6.89. The molecule has 5 nitrogen and oxygen atoms in total. The van der Waals surface area contributed by atoms with Gasteiger partial charge in [-0.2, -0.15) is 0 Å². The second-order valence-corrected chi connectivity index (χ2v) is 7.16. The fourth-order valence-corrected chi connectivity index (χ4v) is 4.05. The Balaban J connectivity index is 1.52. The molecule has 28 heavy (non-hydrogen) atoms. The second-order valence-electron chi connectivity index (χ2n) is 7.16. The van der Waals surface area contributed by atoms with E-state index >= 15 is 0 Å². The number of amides is 1. The van der Waals surface area contributed by atoms with Crippen LogP contribution in [0, 0.1) is 0 Å². The predicted molar refractivity (Wildman–Crippen MR) is 97.4 cm³/mol. The maximum atomic E-state index is 13.6. The van der Waals surface area contributed by atoms with Gasteiger partial charge >= 0.3 is 12.1 Å². The molecule has 2 aromatic rings. The number of carbonyl (C=O) groups excluding carboxylic acids is 1. The van der Waals surface area contributed by atoms with E-state index in [4.69, 9.17) is 4.74 Å². The maximum Gasteiger partial charge on any atom is 0.410 e. The number of halogens is 2. The standard InChI is InChI=1S/C21H19F2NO4/c22-21(23)9-10-24(18(11-21)19(25)26)20(27)28-12-17-15-7-3-1-5-13(15)14-6-2-4-8-16(14)17/h1-8,17-18H,9-12H2,(H,25,26)/t18-/m1/s1. The van der Waals surface area contributed by atoms with Crippen molar-refractivity contribution >= 4 is 12.1 Å².